The molecule has 2 N–H and O–H groups in total. The molecule has 0 saturated carbocycles. The molecule has 0 saturated heterocycles. The first-order valence-electron chi connectivity index (χ1n) is 6.90. The third kappa shape index (κ3) is 4.07. The molecular weight excluding hydrogens is 264 g/mol. The van der Waals surface area contributed by atoms with Gasteiger partial charge in [0.2, 0.25) is 0 Å². The van der Waals surface area contributed by atoms with Crippen LogP contribution >= 0.6 is 12.2 Å². The second-order valence-electron chi connectivity index (χ2n) is 4.78. The van der Waals surface area contributed by atoms with Gasteiger partial charge in [0.05, 0.1) is 6.04 Å². The molecular formula is C17H20N2S. The predicted molar refractivity (Wildman–Crippen MR) is 90.0 cm³/mol. The van der Waals surface area contributed by atoms with Crippen molar-refractivity contribution in [2.24, 2.45) is 0 Å². The van der Waals surface area contributed by atoms with E-state index in [0.29, 0.717) is 5.11 Å². The van der Waals surface area contributed by atoms with Crippen LogP contribution < -0.4 is 10.6 Å². The van der Waals surface area contributed by atoms with Crippen LogP contribution in [-0.4, -0.2) is 5.11 Å². The molecule has 0 aromatic heterocycles. The van der Waals surface area contributed by atoms with Crippen molar-refractivity contribution in [2.75, 3.05) is 5.32 Å². The Morgan fingerprint density at radius 1 is 1.05 bits per heavy atom. The minimum atomic E-state index is 0.186. The molecule has 1 atom stereocenters. The quantitative estimate of drug-likeness (QED) is 0.819. The Morgan fingerprint density at radius 2 is 1.70 bits per heavy atom. The molecule has 0 fully saturated rings. The Kier molecular flexibility index (Phi) is 5.13. The van der Waals surface area contributed by atoms with Crippen LogP contribution in [0.3, 0.4) is 0 Å². The Hall–Kier alpha value is -1.87. The maximum absolute atomic E-state index is 5.35. The lowest BCUT2D eigenvalue weighted by Gasteiger charge is -2.17. The molecule has 0 aliphatic heterocycles. The van der Waals surface area contributed by atoms with E-state index < -0.39 is 0 Å². The fraction of sp³-hybridized carbons (Fsp3) is 0.235. The highest BCUT2D eigenvalue weighted by atomic mass is 32.1. The van der Waals surface area contributed by atoms with Gasteiger partial charge in [0.25, 0.3) is 0 Å². The second-order valence-corrected chi connectivity index (χ2v) is 5.19. The molecule has 2 rings (SSSR count). The van der Waals surface area contributed by atoms with Gasteiger partial charge in [-0.3, -0.25) is 0 Å². The van der Waals surface area contributed by atoms with E-state index in [1.165, 1.54) is 11.1 Å². The third-order valence-corrected chi connectivity index (χ3v) is 3.49. The van der Waals surface area contributed by atoms with Gasteiger partial charge in [-0.15, -0.1) is 0 Å². The summed E-state index contributed by atoms with van der Waals surface area (Å²) < 4.78 is 0. The maximum Gasteiger partial charge on any atom is 0.171 e. The molecule has 0 spiro atoms. The van der Waals surface area contributed by atoms with E-state index in [2.05, 4.69) is 60.9 Å². The molecule has 0 heterocycles. The van der Waals surface area contributed by atoms with E-state index in [4.69, 9.17) is 12.2 Å². The van der Waals surface area contributed by atoms with E-state index in [0.717, 1.165) is 12.1 Å². The van der Waals surface area contributed by atoms with Crippen LogP contribution in [0.4, 0.5) is 5.69 Å². The summed E-state index contributed by atoms with van der Waals surface area (Å²) >= 11 is 5.35. The second kappa shape index (κ2) is 7.06. The first kappa shape index (κ1) is 14.5. The van der Waals surface area contributed by atoms with Crippen LogP contribution in [0.25, 0.3) is 0 Å². The first-order valence-corrected chi connectivity index (χ1v) is 7.31. The van der Waals surface area contributed by atoms with Crippen LogP contribution in [-0.2, 0) is 6.42 Å². The molecule has 104 valence electrons. The van der Waals surface area contributed by atoms with Gasteiger partial charge < -0.3 is 10.6 Å². The Labute approximate surface area is 126 Å². The summed E-state index contributed by atoms with van der Waals surface area (Å²) in [6, 6.07) is 18.8. The fourth-order valence-electron chi connectivity index (χ4n) is 2.01. The van der Waals surface area contributed by atoms with E-state index in [1.54, 1.807) is 0 Å². The molecule has 0 unspecified atom stereocenters. The zero-order valence-corrected chi connectivity index (χ0v) is 12.7. The zero-order valence-electron chi connectivity index (χ0n) is 11.9. The van der Waals surface area contributed by atoms with Gasteiger partial charge in [0, 0.05) is 5.69 Å². The summed E-state index contributed by atoms with van der Waals surface area (Å²) in [5.41, 5.74) is 3.56. The standard InChI is InChI=1S/C17H20N2S/c1-3-14-9-11-16(12-10-14)19-17(20)18-13(2)15-7-5-4-6-8-15/h4-13H,3H2,1-2H3,(H2,18,19,20)/t13-/m0/s1. The first-order chi connectivity index (χ1) is 9.69. The number of benzene rings is 2. The number of anilines is 1. The molecule has 0 bridgehead atoms. The monoisotopic (exact) mass is 284 g/mol. The van der Waals surface area contributed by atoms with Crippen molar-refractivity contribution in [3.05, 3.63) is 65.7 Å². The number of nitrogens with one attached hydrogen (secondary N) is 2. The summed E-state index contributed by atoms with van der Waals surface area (Å²) in [6.07, 6.45) is 1.05. The van der Waals surface area contributed by atoms with Gasteiger partial charge in [-0.05, 0) is 48.8 Å². The van der Waals surface area contributed by atoms with Crippen LogP contribution in [0.1, 0.15) is 31.0 Å². The number of rotatable bonds is 4. The lowest BCUT2D eigenvalue weighted by Crippen LogP contribution is -2.30. The van der Waals surface area contributed by atoms with Crippen molar-refractivity contribution in [1.29, 1.82) is 0 Å². The average Bonchev–Trinajstić information content (AvgIpc) is 2.49. The predicted octanol–water partition coefficient (Wildman–Crippen LogP) is 4.30. The van der Waals surface area contributed by atoms with E-state index in [-0.39, 0.29) is 6.04 Å². The van der Waals surface area contributed by atoms with Gasteiger partial charge in [-0.25, -0.2) is 0 Å². The minimum Gasteiger partial charge on any atom is -0.356 e. The Morgan fingerprint density at radius 3 is 2.30 bits per heavy atom. The fourth-order valence-corrected chi connectivity index (χ4v) is 2.31. The van der Waals surface area contributed by atoms with Crippen molar-refractivity contribution in [1.82, 2.24) is 5.32 Å². The third-order valence-electron chi connectivity index (χ3n) is 3.27. The molecule has 20 heavy (non-hydrogen) atoms. The summed E-state index contributed by atoms with van der Waals surface area (Å²) in [7, 11) is 0. The highest BCUT2D eigenvalue weighted by molar-refractivity contribution is 7.80. The number of hydrogen-bond donors (Lipinski definition) is 2. The SMILES string of the molecule is CCc1ccc(NC(=S)N[C@@H](C)c2ccccc2)cc1. The largest absolute Gasteiger partial charge is 0.356 e. The highest BCUT2D eigenvalue weighted by Gasteiger charge is 2.06. The number of hydrogen-bond acceptors (Lipinski definition) is 1. The Balaban J connectivity index is 1.91. The minimum absolute atomic E-state index is 0.186. The lowest BCUT2D eigenvalue weighted by atomic mass is 10.1. The van der Waals surface area contributed by atoms with Gasteiger partial charge >= 0.3 is 0 Å². The molecule has 2 aromatic rings. The molecule has 2 aromatic carbocycles. The zero-order chi connectivity index (χ0) is 14.4. The maximum atomic E-state index is 5.35. The van der Waals surface area contributed by atoms with Gasteiger partial charge in [0.1, 0.15) is 0 Å². The van der Waals surface area contributed by atoms with Gasteiger partial charge in [0.15, 0.2) is 5.11 Å². The van der Waals surface area contributed by atoms with Crippen molar-refractivity contribution in [3.63, 3.8) is 0 Å². The Bertz CT molecular complexity index is 549. The summed E-state index contributed by atoms with van der Waals surface area (Å²) in [6.45, 7) is 4.25. The topological polar surface area (TPSA) is 24.1 Å². The summed E-state index contributed by atoms with van der Waals surface area (Å²) in [5.74, 6) is 0. The molecule has 3 heteroatoms. The number of thiocarbonyl (C=S) groups is 1. The van der Waals surface area contributed by atoms with Gasteiger partial charge in [-0.2, -0.15) is 0 Å². The summed E-state index contributed by atoms with van der Waals surface area (Å²) in [4.78, 5) is 0. The smallest absolute Gasteiger partial charge is 0.171 e. The van der Waals surface area contributed by atoms with E-state index in [9.17, 15) is 0 Å². The molecule has 0 radical (unpaired) electrons. The molecule has 0 amide bonds. The van der Waals surface area contributed by atoms with E-state index >= 15 is 0 Å². The van der Waals surface area contributed by atoms with Crippen molar-refractivity contribution >= 4 is 23.0 Å². The summed E-state index contributed by atoms with van der Waals surface area (Å²) in [5, 5.41) is 7.15. The van der Waals surface area contributed by atoms with Crippen LogP contribution in [0.2, 0.25) is 0 Å². The van der Waals surface area contributed by atoms with Crippen LogP contribution in [0.5, 0.6) is 0 Å². The van der Waals surface area contributed by atoms with Gasteiger partial charge in [-0.1, -0.05) is 49.4 Å². The van der Waals surface area contributed by atoms with Crippen LogP contribution in [0, 0.1) is 0 Å². The molecule has 0 aliphatic rings. The molecule has 0 aliphatic carbocycles. The molecule has 2 nitrogen and oxygen atoms in total. The van der Waals surface area contributed by atoms with Crippen molar-refractivity contribution in [2.45, 2.75) is 26.3 Å². The number of aryl methyl sites for hydroxylation is 1. The van der Waals surface area contributed by atoms with Crippen molar-refractivity contribution < 1.29 is 0 Å². The average molecular weight is 284 g/mol. The van der Waals surface area contributed by atoms with Crippen LogP contribution in [0.15, 0.2) is 54.6 Å². The van der Waals surface area contributed by atoms with E-state index in [1.807, 2.05) is 18.2 Å². The lowest BCUT2D eigenvalue weighted by molar-refractivity contribution is 0.722. The van der Waals surface area contributed by atoms with Crippen molar-refractivity contribution in [3.8, 4) is 0 Å². The highest BCUT2D eigenvalue weighted by Crippen LogP contribution is 2.13. The normalized spacial score (nSPS) is 11.7.